The molecule has 8 aromatic rings. The van der Waals surface area contributed by atoms with Gasteiger partial charge in [0.2, 0.25) is 0 Å². The maximum absolute atomic E-state index is 2.57. The smallest absolute Gasteiger partial charge is 0.0468 e. The van der Waals surface area contributed by atoms with E-state index >= 15 is 0 Å². The molecule has 3 unspecified atom stereocenters. The van der Waals surface area contributed by atoms with E-state index in [1.54, 1.807) is 11.1 Å². The summed E-state index contributed by atoms with van der Waals surface area (Å²) in [7, 11) is 0. The zero-order chi connectivity index (χ0) is 32.8. The maximum atomic E-state index is 2.57. The zero-order valence-corrected chi connectivity index (χ0v) is 28.0. The van der Waals surface area contributed by atoms with Crippen LogP contribution in [-0.4, -0.2) is 0 Å². The Balaban J connectivity index is 1.08. The van der Waals surface area contributed by atoms with Crippen LogP contribution in [0.5, 0.6) is 0 Å². The zero-order valence-electron chi connectivity index (χ0n) is 28.0. The summed E-state index contributed by atoms with van der Waals surface area (Å²) in [4.78, 5) is 2.49. The number of hydrogen-bond donors (Lipinski definition) is 0. The fourth-order valence-corrected chi connectivity index (χ4v) is 10.4. The fourth-order valence-electron chi connectivity index (χ4n) is 10.4. The molecule has 0 aromatic heterocycles. The largest absolute Gasteiger partial charge is 0.310 e. The third-order valence-corrected chi connectivity index (χ3v) is 12.5. The number of fused-ring (bicyclic) bond motifs is 12. The summed E-state index contributed by atoms with van der Waals surface area (Å²) in [6, 6.07) is 61.5. The summed E-state index contributed by atoms with van der Waals surface area (Å²) in [6.07, 6.45) is 5.40. The minimum Gasteiger partial charge on any atom is -0.310 e. The van der Waals surface area contributed by atoms with Gasteiger partial charge in [0.05, 0.1) is 0 Å². The van der Waals surface area contributed by atoms with Gasteiger partial charge in [0.15, 0.2) is 0 Å². The quantitative estimate of drug-likeness (QED) is 0.173. The van der Waals surface area contributed by atoms with E-state index in [2.05, 4.69) is 169 Å². The molecule has 0 heterocycles. The molecule has 0 radical (unpaired) electrons. The predicted molar refractivity (Wildman–Crippen MR) is 211 cm³/mol. The van der Waals surface area contributed by atoms with Crippen molar-refractivity contribution in [2.75, 3.05) is 4.90 Å². The van der Waals surface area contributed by atoms with Crippen LogP contribution in [0, 0.1) is 11.8 Å². The van der Waals surface area contributed by atoms with Crippen molar-refractivity contribution in [3.8, 4) is 22.3 Å². The number of nitrogens with zero attached hydrogens (tertiary/aromatic N) is 1. The summed E-state index contributed by atoms with van der Waals surface area (Å²) in [5, 5.41) is 7.69. The third-order valence-electron chi connectivity index (χ3n) is 12.5. The lowest BCUT2D eigenvalue weighted by molar-refractivity contribution is 0.327. The van der Waals surface area contributed by atoms with Gasteiger partial charge in [0.1, 0.15) is 0 Å². The van der Waals surface area contributed by atoms with Gasteiger partial charge in [-0.15, -0.1) is 0 Å². The molecule has 0 saturated heterocycles. The van der Waals surface area contributed by atoms with E-state index in [1.165, 1.54) is 97.3 Å². The normalized spacial score (nSPS) is 20.2. The lowest BCUT2D eigenvalue weighted by Crippen LogP contribution is -2.32. The number of rotatable bonds is 4. The van der Waals surface area contributed by atoms with Gasteiger partial charge < -0.3 is 4.90 Å². The Kier molecular flexibility index (Phi) is 6.02. The molecule has 2 bridgehead atoms. The summed E-state index contributed by atoms with van der Waals surface area (Å²) >= 11 is 0. The first kappa shape index (κ1) is 28.2. The molecule has 1 nitrogen and oxygen atoms in total. The van der Waals surface area contributed by atoms with Crippen molar-refractivity contribution in [1.82, 2.24) is 0 Å². The molecule has 3 aliphatic rings. The van der Waals surface area contributed by atoms with Gasteiger partial charge in [0.25, 0.3) is 0 Å². The molecule has 8 aromatic carbocycles. The average Bonchev–Trinajstić information content (AvgIpc) is 3.88. The molecule has 3 atom stereocenters. The van der Waals surface area contributed by atoms with E-state index in [0.29, 0.717) is 0 Å². The first-order valence-corrected chi connectivity index (χ1v) is 18.3. The topological polar surface area (TPSA) is 3.24 Å². The fraction of sp³-hybridized carbons (Fsp3) is 0.143. The monoisotopic (exact) mass is 639 g/mol. The van der Waals surface area contributed by atoms with E-state index in [-0.39, 0.29) is 5.41 Å². The molecular formula is C49H37N. The minimum atomic E-state index is 0.140. The highest BCUT2D eigenvalue weighted by Gasteiger charge is 2.56. The van der Waals surface area contributed by atoms with Crippen LogP contribution < -0.4 is 4.90 Å². The van der Waals surface area contributed by atoms with Crippen molar-refractivity contribution in [3.05, 3.63) is 175 Å². The molecule has 1 heteroatoms. The van der Waals surface area contributed by atoms with Crippen LogP contribution in [0.2, 0.25) is 0 Å². The van der Waals surface area contributed by atoms with Gasteiger partial charge >= 0.3 is 0 Å². The molecule has 0 aliphatic heterocycles. The number of benzene rings is 8. The molecular weight excluding hydrogens is 603 g/mol. The van der Waals surface area contributed by atoms with Gasteiger partial charge in [-0.25, -0.2) is 0 Å². The van der Waals surface area contributed by atoms with Crippen LogP contribution >= 0.6 is 0 Å². The summed E-state index contributed by atoms with van der Waals surface area (Å²) in [5.74, 6) is 1.58. The summed E-state index contributed by atoms with van der Waals surface area (Å²) in [5.41, 5.74) is 12.3. The number of anilines is 3. The lowest BCUT2D eigenvalue weighted by atomic mass is 9.67. The second kappa shape index (κ2) is 10.7. The van der Waals surface area contributed by atoms with Crippen molar-refractivity contribution < 1.29 is 0 Å². The van der Waals surface area contributed by atoms with Gasteiger partial charge in [-0.1, -0.05) is 128 Å². The first-order chi connectivity index (χ1) is 24.7. The first-order valence-electron chi connectivity index (χ1n) is 18.3. The van der Waals surface area contributed by atoms with Crippen LogP contribution in [0.4, 0.5) is 17.1 Å². The molecule has 50 heavy (non-hydrogen) atoms. The lowest BCUT2D eigenvalue weighted by Gasteiger charge is -2.37. The van der Waals surface area contributed by atoms with Crippen LogP contribution in [0.15, 0.2) is 164 Å². The van der Waals surface area contributed by atoms with Gasteiger partial charge in [-0.3, -0.25) is 0 Å². The Bertz CT molecular complexity index is 2630. The van der Waals surface area contributed by atoms with Gasteiger partial charge in [-0.2, -0.15) is 0 Å². The highest BCUT2D eigenvalue weighted by atomic mass is 15.1. The predicted octanol–water partition coefficient (Wildman–Crippen LogP) is 13.4. The van der Waals surface area contributed by atoms with E-state index in [9.17, 15) is 0 Å². The van der Waals surface area contributed by atoms with Crippen molar-refractivity contribution in [2.45, 2.75) is 31.1 Å². The molecule has 2 saturated carbocycles. The van der Waals surface area contributed by atoms with Gasteiger partial charge in [-0.05, 0) is 139 Å². The Morgan fingerprint density at radius 3 is 1.92 bits per heavy atom. The molecule has 11 rings (SSSR count). The molecule has 238 valence electrons. The Labute approximate surface area is 293 Å². The standard InChI is InChI=1S/C49H37N/c1-2-10-35-28-39(24-18-33(35)9-1)50(38-22-19-34(20-23-38)46-29-36-11-3-4-12-41(36)42-13-5-6-14-43(42)46)40-25-26-45-44-15-7-8-16-47(44)49(48(45)30-40)31-32-17-21-37(49)27-32/h1-16,18-20,22-26,28-30,32,37H,17,21,27,31H2. The van der Waals surface area contributed by atoms with Crippen molar-refractivity contribution in [1.29, 1.82) is 0 Å². The van der Waals surface area contributed by atoms with Crippen molar-refractivity contribution in [2.24, 2.45) is 11.8 Å². The Morgan fingerprint density at radius 1 is 0.440 bits per heavy atom. The molecule has 3 aliphatic carbocycles. The molecule has 0 N–H and O–H groups in total. The van der Waals surface area contributed by atoms with Gasteiger partial charge in [0, 0.05) is 22.5 Å². The SMILES string of the molecule is c1ccc2c(c1)-c1ccc(N(c3ccc(-c4cc5ccccc5c5ccccc45)cc3)c3ccc4ccccc4c3)cc1C21CC2CCC1C2. The third kappa shape index (κ3) is 4.01. The van der Waals surface area contributed by atoms with Crippen LogP contribution in [0.25, 0.3) is 54.6 Å². The maximum Gasteiger partial charge on any atom is 0.0468 e. The average molecular weight is 640 g/mol. The second-order valence-electron chi connectivity index (χ2n) is 14.9. The van der Waals surface area contributed by atoms with Crippen LogP contribution in [0.3, 0.4) is 0 Å². The van der Waals surface area contributed by atoms with E-state index in [0.717, 1.165) is 11.8 Å². The van der Waals surface area contributed by atoms with E-state index < -0.39 is 0 Å². The van der Waals surface area contributed by atoms with Crippen molar-refractivity contribution in [3.63, 3.8) is 0 Å². The number of hydrogen-bond acceptors (Lipinski definition) is 1. The molecule has 0 amide bonds. The highest BCUT2D eigenvalue weighted by Crippen LogP contribution is 2.66. The Morgan fingerprint density at radius 2 is 1.10 bits per heavy atom. The second-order valence-corrected chi connectivity index (χ2v) is 14.9. The minimum absolute atomic E-state index is 0.140. The van der Waals surface area contributed by atoms with Crippen LogP contribution in [-0.2, 0) is 5.41 Å². The van der Waals surface area contributed by atoms with E-state index in [1.807, 2.05) is 0 Å². The summed E-state index contributed by atoms with van der Waals surface area (Å²) < 4.78 is 0. The van der Waals surface area contributed by atoms with E-state index in [4.69, 9.17) is 0 Å². The molecule has 1 spiro atoms. The molecule has 2 fully saturated rings. The summed E-state index contributed by atoms with van der Waals surface area (Å²) in [6.45, 7) is 0. The van der Waals surface area contributed by atoms with Crippen LogP contribution in [0.1, 0.15) is 36.8 Å². The van der Waals surface area contributed by atoms with Crippen molar-refractivity contribution >= 4 is 49.4 Å². The Hall–Kier alpha value is -5.66. The highest BCUT2D eigenvalue weighted by molar-refractivity contribution is 6.13.